The second-order valence-electron chi connectivity index (χ2n) is 2.67. The Kier molecular flexibility index (Phi) is 2.91. The van der Waals surface area contributed by atoms with Crippen molar-refractivity contribution in [1.29, 1.82) is 0 Å². The number of hydrogen-bond acceptors (Lipinski definition) is 3. The normalized spacial score (nSPS) is 21.2. The Balaban J connectivity index is 2.38. The molecule has 1 aliphatic heterocycles. The quantitative estimate of drug-likeness (QED) is 0.585. The van der Waals surface area contributed by atoms with Gasteiger partial charge in [-0.05, 0) is 18.6 Å². The first kappa shape index (κ1) is 8.84. The highest BCUT2D eigenvalue weighted by Gasteiger charge is 2.13. The van der Waals surface area contributed by atoms with Crippen LogP contribution in [0, 0.1) is 0 Å². The van der Waals surface area contributed by atoms with Gasteiger partial charge in [0.1, 0.15) is 6.61 Å². The molecule has 0 amide bonds. The highest BCUT2D eigenvalue weighted by Crippen LogP contribution is 2.11. The number of ether oxygens (including phenoxy) is 2. The van der Waals surface area contributed by atoms with Gasteiger partial charge in [-0.1, -0.05) is 6.08 Å². The third kappa shape index (κ3) is 2.42. The summed E-state index contributed by atoms with van der Waals surface area (Å²) >= 11 is 0. The first-order chi connectivity index (χ1) is 5.70. The first-order valence-electron chi connectivity index (χ1n) is 3.82. The van der Waals surface area contributed by atoms with Crippen LogP contribution in [0.4, 0.5) is 0 Å². The highest BCUT2D eigenvalue weighted by molar-refractivity contribution is 5.65. The molecule has 1 atom stereocenters. The summed E-state index contributed by atoms with van der Waals surface area (Å²) in [5.74, 6) is -0.277. The second kappa shape index (κ2) is 3.95. The van der Waals surface area contributed by atoms with Crippen LogP contribution in [0.3, 0.4) is 0 Å². The molecular formula is C9H12O3. The van der Waals surface area contributed by atoms with Crippen LogP contribution in [0.5, 0.6) is 0 Å². The standard InChI is InChI=1S/C9H12O3/c1-7-4-3-5-11-9(7)6-12-8(2)10/h3-5,9H,6H2,1-2H3. The van der Waals surface area contributed by atoms with E-state index in [2.05, 4.69) is 0 Å². The van der Waals surface area contributed by atoms with Crippen LogP contribution < -0.4 is 0 Å². The Hall–Kier alpha value is -1.25. The molecule has 0 aliphatic carbocycles. The van der Waals surface area contributed by atoms with E-state index in [1.165, 1.54) is 6.92 Å². The Morgan fingerprint density at radius 1 is 1.75 bits per heavy atom. The zero-order chi connectivity index (χ0) is 8.97. The lowest BCUT2D eigenvalue weighted by Gasteiger charge is -2.19. The fourth-order valence-corrected chi connectivity index (χ4v) is 0.910. The van der Waals surface area contributed by atoms with Crippen LogP contribution in [0.15, 0.2) is 24.0 Å². The topological polar surface area (TPSA) is 35.5 Å². The summed E-state index contributed by atoms with van der Waals surface area (Å²) in [6.07, 6.45) is 5.25. The van der Waals surface area contributed by atoms with E-state index < -0.39 is 0 Å². The van der Waals surface area contributed by atoms with E-state index in [4.69, 9.17) is 9.47 Å². The lowest BCUT2D eigenvalue weighted by Crippen LogP contribution is -2.21. The van der Waals surface area contributed by atoms with E-state index in [1.54, 1.807) is 6.26 Å². The molecule has 1 aliphatic rings. The SMILES string of the molecule is CC(=O)OCC1OC=CC=C1C. The lowest BCUT2D eigenvalue weighted by molar-refractivity contribution is -0.143. The lowest BCUT2D eigenvalue weighted by atomic mass is 10.1. The minimum Gasteiger partial charge on any atom is -0.490 e. The summed E-state index contributed by atoms with van der Waals surface area (Å²) in [6.45, 7) is 3.62. The molecule has 1 rings (SSSR count). The number of esters is 1. The molecule has 0 fully saturated rings. The summed E-state index contributed by atoms with van der Waals surface area (Å²) in [5.41, 5.74) is 1.07. The molecule has 0 radical (unpaired) electrons. The number of hydrogen-bond donors (Lipinski definition) is 0. The highest BCUT2D eigenvalue weighted by atomic mass is 16.6. The summed E-state index contributed by atoms with van der Waals surface area (Å²) in [5, 5.41) is 0. The van der Waals surface area contributed by atoms with E-state index >= 15 is 0 Å². The molecule has 0 aromatic heterocycles. The van der Waals surface area contributed by atoms with E-state index in [1.807, 2.05) is 19.1 Å². The molecule has 0 bridgehead atoms. The number of rotatable bonds is 2. The average Bonchev–Trinajstić information content (AvgIpc) is 2.03. The van der Waals surface area contributed by atoms with Gasteiger partial charge in [-0.25, -0.2) is 0 Å². The second-order valence-corrected chi connectivity index (χ2v) is 2.67. The van der Waals surface area contributed by atoms with Crippen molar-refractivity contribution in [2.24, 2.45) is 0 Å². The molecule has 1 heterocycles. The van der Waals surface area contributed by atoms with Gasteiger partial charge in [0.2, 0.25) is 0 Å². The summed E-state index contributed by atoms with van der Waals surface area (Å²) in [4.78, 5) is 10.5. The number of carbonyl (C=O) groups excluding carboxylic acids is 1. The Morgan fingerprint density at radius 3 is 3.08 bits per heavy atom. The van der Waals surface area contributed by atoms with Crippen LogP contribution >= 0.6 is 0 Å². The largest absolute Gasteiger partial charge is 0.490 e. The monoisotopic (exact) mass is 168 g/mol. The van der Waals surface area contributed by atoms with Crippen molar-refractivity contribution in [2.45, 2.75) is 20.0 Å². The molecule has 0 aromatic rings. The van der Waals surface area contributed by atoms with E-state index in [0.717, 1.165) is 5.57 Å². The summed E-state index contributed by atoms with van der Waals surface area (Å²) in [6, 6.07) is 0. The molecule has 0 saturated heterocycles. The average molecular weight is 168 g/mol. The molecular weight excluding hydrogens is 156 g/mol. The molecule has 0 N–H and O–H groups in total. The van der Waals surface area contributed by atoms with Gasteiger partial charge >= 0.3 is 5.97 Å². The maximum absolute atomic E-state index is 10.5. The van der Waals surface area contributed by atoms with Crippen molar-refractivity contribution in [3.05, 3.63) is 24.0 Å². The van der Waals surface area contributed by atoms with Crippen LogP contribution in [-0.4, -0.2) is 18.7 Å². The predicted molar refractivity (Wildman–Crippen MR) is 44.4 cm³/mol. The summed E-state index contributed by atoms with van der Waals surface area (Å²) in [7, 11) is 0. The van der Waals surface area contributed by atoms with Gasteiger partial charge in [0.25, 0.3) is 0 Å². The molecule has 66 valence electrons. The number of carbonyl (C=O) groups is 1. The third-order valence-electron chi connectivity index (χ3n) is 1.63. The molecule has 0 saturated carbocycles. The smallest absolute Gasteiger partial charge is 0.302 e. The Bertz CT molecular complexity index is 228. The van der Waals surface area contributed by atoms with Gasteiger partial charge in [-0.15, -0.1) is 0 Å². The van der Waals surface area contributed by atoms with E-state index in [9.17, 15) is 4.79 Å². The van der Waals surface area contributed by atoms with Crippen LogP contribution in [-0.2, 0) is 14.3 Å². The Morgan fingerprint density at radius 2 is 2.50 bits per heavy atom. The minimum absolute atomic E-state index is 0.112. The van der Waals surface area contributed by atoms with Crippen molar-refractivity contribution in [2.75, 3.05) is 6.61 Å². The molecule has 3 heteroatoms. The van der Waals surface area contributed by atoms with Crippen molar-refractivity contribution in [3.63, 3.8) is 0 Å². The van der Waals surface area contributed by atoms with Crippen molar-refractivity contribution < 1.29 is 14.3 Å². The zero-order valence-corrected chi connectivity index (χ0v) is 7.24. The molecule has 0 spiro atoms. The van der Waals surface area contributed by atoms with Gasteiger partial charge in [0, 0.05) is 6.92 Å². The van der Waals surface area contributed by atoms with Gasteiger partial charge < -0.3 is 9.47 Å². The molecule has 1 unspecified atom stereocenters. The molecule has 3 nitrogen and oxygen atoms in total. The fraction of sp³-hybridized carbons (Fsp3) is 0.444. The van der Waals surface area contributed by atoms with E-state index in [0.29, 0.717) is 6.61 Å². The van der Waals surface area contributed by atoms with E-state index in [-0.39, 0.29) is 12.1 Å². The van der Waals surface area contributed by atoms with Crippen LogP contribution in [0.2, 0.25) is 0 Å². The fourth-order valence-electron chi connectivity index (χ4n) is 0.910. The van der Waals surface area contributed by atoms with Crippen molar-refractivity contribution in [3.8, 4) is 0 Å². The van der Waals surface area contributed by atoms with Crippen LogP contribution in [0.25, 0.3) is 0 Å². The Labute approximate surface area is 71.7 Å². The van der Waals surface area contributed by atoms with Gasteiger partial charge in [-0.2, -0.15) is 0 Å². The molecule has 12 heavy (non-hydrogen) atoms. The van der Waals surface area contributed by atoms with Crippen molar-refractivity contribution >= 4 is 5.97 Å². The first-order valence-corrected chi connectivity index (χ1v) is 3.82. The number of allylic oxidation sites excluding steroid dienone is 2. The van der Waals surface area contributed by atoms with Gasteiger partial charge in [0.05, 0.1) is 6.26 Å². The summed E-state index contributed by atoms with van der Waals surface area (Å²) < 4.78 is 10.0. The maximum Gasteiger partial charge on any atom is 0.302 e. The predicted octanol–water partition coefficient (Wildman–Crippen LogP) is 1.41. The van der Waals surface area contributed by atoms with Gasteiger partial charge in [0.15, 0.2) is 6.10 Å². The van der Waals surface area contributed by atoms with Crippen molar-refractivity contribution in [1.82, 2.24) is 0 Å². The zero-order valence-electron chi connectivity index (χ0n) is 7.24. The molecule has 0 aromatic carbocycles. The minimum atomic E-state index is -0.277. The van der Waals surface area contributed by atoms with Crippen LogP contribution in [0.1, 0.15) is 13.8 Å². The van der Waals surface area contributed by atoms with Gasteiger partial charge in [-0.3, -0.25) is 4.79 Å². The third-order valence-corrected chi connectivity index (χ3v) is 1.63. The maximum atomic E-state index is 10.5.